The van der Waals surface area contributed by atoms with Crippen molar-refractivity contribution in [3.63, 3.8) is 0 Å². The highest BCUT2D eigenvalue weighted by atomic mass is 16.6. The minimum atomic E-state index is -0.366. The number of hydrogen-bond donors (Lipinski definition) is 0. The molecule has 4 fully saturated rings. The molecule has 6 rings (SSSR count). The summed E-state index contributed by atoms with van der Waals surface area (Å²) in [6.45, 7) is 66.0. The van der Waals surface area contributed by atoms with Crippen molar-refractivity contribution in [2.75, 3.05) is 46.2 Å². The Balaban J connectivity index is 0.00000141. The van der Waals surface area contributed by atoms with E-state index in [9.17, 15) is 33.6 Å². The van der Waals surface area contributed by atoms with Gasteiger partial charge in [-0.2, -0.15) is 0 Å². The average Bonchev–Trinajstić information content (AvgIpc) is 1.61. The SMILES string of the molecule is C=C(C)C(=O)OC/C=C(\C)CC/C=C(\C)CCC=C(C)C.C=C(C)C(=O)OC/C=C(\C)CCC=C(C)C.C=C(C)C(=O)OC1CC2CC1C1C=CCC21.C=C(C)C(=O)OCCC(C)CCC=C(C)C.C=C(C)C(=O)OCCCCCCCC/C=C\CCCCCCCC.C=C(C)C(=O)OCCOC1CC2CC1C1C=CCC21.C=CCOC(=O)C(=C)C. The molecule has 4 bridgehead atoms. The molecule has 0 amide bonds. The molecule has 0 aliphatic heterocycles. The fourth-order valence-corrected chi connectivity index (χ4v) is 15.0. The van der Waals surface area contributed by atoms with Crippen molar-refractivity contribution < 1.29 is 71.5 Å². The van der Waals surface area contributed by atoms with E-state index in [0.29, 0.717) is 108 Å². The van der Waals surface area contributed by atoms with Gasteiger partial charge in [0.05, 0.1) is 25.9 Å². The van der Waals surface area contributed by atoms with Crippen LogP contribution in [0, 0.1) is 53.3 Å². The molecule has 15 heteroatoms. The Hall–Kier alpha value is -8.17. The van der Waals surface area contributed by atoms with Crippen molar-refractivity contribution in [2.45, 2.75) is 323 Å². The van der Waals surface area contributed by atoms with Crippen LogP contribution in [-0.4, -0.2) is 100 Å². The molecule has 15 nitrogen and oxygen atoms in total. The largest absolute Gasteiger partial charge is 0.462 e. The quantitative estimate of drug-likeness (QED) is 0.0183. The molecular weight excluding hydrogens is 1510 g/mol. The summed E-state index contributed by atoms with van der Waals surface area (Å²) in [5.41, 5.74) is 11.2. The zero-order valence-electron chi connectivity index (χ0n) is 79.1. The van der Waals surface area contributed by atoms with Crippen LogP contribution in [0.5, 0.6) is 0 Å². The third-order valence-corrected chi connectivity index (χ3v) is 22.0. The smallest absolute Gasteiger partial charge is 0.333 e. The van der Waals surface area contributed by atoms with Gasteiger partial charge in [0.2, 0.25) is 0 Å². The number of unbranched alkanes of at least 4 members (excludes halogenated alkanes) is 12. The van der Waals surface area contributed by atoms with Gasteiger partial charge in [0.25, 0.3) is 0 Å². The van der Waals surface area contributed by atoms with Gasteiger partial charge < -0.3 is 37.9 Å². The maximum absolute atomic E-state index is 11.5. The normalized spacial score (nSPS) is 19.7. The molecule has 4 saturated carbocycles. The van der Waals surface area contributed by atoms with Gasteiger partial charge >= 0.3 is 41.8 Å². The van der Waals surface area contributed by atoms with Gasteiger partial charge in [0, 0.05) is 44.9 Å². The first kappa shape index (κ1) is 113. The number of allylic oxidation sites excluding steroid dienone is 16. The van der Waals surface area contributed by atoms with Crippen LogP contribution in [-0.2, 0) is 71.5 Å². The molecule has 0 N–H and O–H groups in total. The Kier molecular flexibility index (Phi) is 63.7. The third-order valence-electron chi connectivity index (χ3n) is 22.0. The number of fused-ring (bicyclic) bond motifs is 10. The second kappa shape index (κ2) is 68.3. The summed E-state index contributed by atoms with van der Waals surface area (Å²) in [6, 6.07) is 0. The Morgan fingerprint density at radius 2 is 0.711 bits per heavy atom. The molecule has 0 aromatic rings. The predicted molar refractivity (Wildman–Crippen MR) is 503 cm³/mol. The summed E-state index contributed by atoms with van der Waals surface area (Å²) in [5.74, 6) is 4.60. The van der Waals surface area contributed by atoms with Gasteiger partial charge in [0.1, 0.15) is 32.5 Å². The van der Waals surface area contributed by atoms with Crippen molar-refractivity contribution in [1.82, 2.24) is 0 Å². The molecular formula is C106H166O15. The lowest BCUT2D eigenvalue weighted by atomic mass is 9.80. The number of ether oxygens (including phenoxy) is 8. The molecule has 0 radical (unpaired) electrons. The van der Waals surface area contributed by atoms with Crippen LogP contribution >= 0.6 is 0 Å². The standard InChI is InChI=1S/C22H40O2.C19H30O2.C16H22O3.C14H18O2.C14H24O2.C14H22O2.C7H10O2/c1-4-5-6-7-8-9-10-11-12-13-14-15-16-17-18-19-20-24-22(23)21(2)3;1-15(2)9-7-10-17(5)11-8-12-18(6)13-14-21-19(20)16(3)4;1-10(2)16(17)19-7-6-18-15-9-11-8-14(15)13-5-3-4-12(11)13;1-8(2)14(15)16-13-7-9-6-12(13)11-5-3-4-10(9)11;2*1-11(2)7-6-8-13(5)9-10-16-14(15)12(3)4;1-4-5-9-7(8)6(2)3/h11-12H,2,4-10,13-20H2,1,3H3;9,11,13H,3,7-8,10,12,14H2,1-2,4-6H3;3,5,11-15H,1,4,6-9H2,2H3;3,5,9-13H,1,4,6-7H2,2H3;7,13H,3,6,8-10H2,1-2,4-5H3;7,9H,3,6,8,10H2,1-2,4-5H3;4H,1-2,5H2,3H3/b12-11-;17-11+,18-13+;;;;13-9+;. The summed E-state index contributed by atoms with van der Waals surface area (Å²) >= 11 is 0. The molecule has 0 aromatic carbocycles. The Morgan fingerprint density at radius 3 is 1.13 bits per heavy atom. The summed E-state index contributed by atoms with van der Waals surface area (Å²) in [4.78, 5) is 77.8. The topological polar surface area (TPSA) is 193 Å². The van der Waals surface area contributed by atoms with Crippen LogP contribution < -0.4 is 0 Å². The molecule has 121 heavy (non-hydrogen) atoms. The van der Waals surface area contributed by atoms with Crippen molar-refractivity contribution in [3.05, 3.63) is 204 Å². The number of rotatable bonds is 49. The van der Waals surface area contributed by atoms with Gasteiger partial charge in [-0.25, -0.2) is 33.6 Å². The fourth-order valence-electron chi connectivity index (χ4n) is 15.0. The first-order valence-corrected chi connectivity index (χ1v) is 45.3. The average molecular weight is 1680 g/mol. The van der Waals surface area contributed by atoms with Crippen LogP contribution in [0.4, 0.5) is 0 Å². The first-order chi connectivity index (χ1) is 57.4. The Morgan fingerprint density at radius 1 is 0.355 bits per heavy atom. The molecule has 0 heterocycles. The Labute approximate surface area is 735 Å². The third kappa shape index (κ3) is 55.6. The molecule has 11 atom stereocenters. The molecule has 680 valence electrons. The molecule has 6 aliphatic rings. The van der Waals surface area contributed by atoms with Crippen molar-refractivity contribution in [1.29, 1.82) is 0 Å². The van der Waals surface area contributed by atoms with Gasteiger partial charge in [-0.3, -0.25) is 0 Å². The fraction of sp³-hybridized carbons (Fsp3) is 0.613. The molecule has 0 aromatic heterocycles. The zero-order valence-corrected chi connectivity index (χ0v) is 79.1. The maximum atomic E-state index is 11.5. The van der Waals surface area contributed by atoms with Crippen LogP contribution in [0.3, 0.4) is 0 Å². The van der Waals surface area contributed by atoms with E-state index >= 15 is 0 Å². The molecule has 11 unspecified atom stereocenters. The van der Waals surface area contributed by atoms with E-state index in [4.69, 9.17) is 33.2 Å². The van der Waals surface area contributed by atoms with Crippen LogP contribution in [0.15, 0.2) is 204 Å². The van der Waals surface area contributed by atoms with E-state index in [2.05, 4.69) is 187 Å². The lowest BCUT2D eigenvalue weighted by Crippen LogP contribution is -2.32. The number of carbonyl (C=O) groups excluding carboxylic acids is 7. The minimum absolute atomic E-state index is 0.151. The summed E-state index contributed by atoms with van der Waals surface area (Å²) in [5, 5.41) is 0. The molecule has 6 aliphatic carbocycles. The number of esters is 7. The van der Waals surface area contributed by atoms with Gasteiger partial charge in [0.15, 0.2) is 0 Å². The van der Waals surface area contributed by atoms with E-state index in [0.717, 1.165) is 107 Å². The second-order valence-corrected chi connectivity index (χ2v) is 34.9. The van der Waals surface area contributed by atoms with E-state index < -0.39 is 0 Å². The van der Waals surface area contributed by atoms with Crippen molar-refractivity contribution in [3.8, 4) is 0 Å². The lowest BCUT2D eigenvalue weighted by Gasteiger charge is -2.31. The zero-order chi connectivity index (χ0) is 91.2. The maximum Gasteiger partial charge on any atom is 0.333 e. The van der Waals surface area contributed by atoms with Gasteiger partial charge in [-0.1, -0.05) is 225 Å². The number of carbonyl (C=O) groups is 7. The highest BCUT2D eigenvalue weighted by Crippen LogP contribution is 2.58. The van der Waals surface area contributed by atoms with E-state index in [-0.39, 0.29) is 54.5 Å². The summed E-state index contributed by atoms with van der Waals surface area (Å²) in [7, 11) is 0. The number of hydrogen-bond acceptors (Lipinski definition) is 15. The van der Waals surface area contributed by atoms with Crippen molar-refractivity contribution >= 4 is 41.8 Å². The van der Waals surface area contributed by atoms with Gasteiger partial charge in [-0.15, -0.1) is 0 Å². The second-order valence-electron chi connectivity index (χ2n) is 34.9. The highest BCUT2D eigenvalue weighted by Gasteiger charge is 2.54. The van der Waals surface area contributed by atoms with Crippen LogP contribution in [0.2, 0.25) is 0 Å². The van der Waals surface area contributed by atoms with E-state index in [1.807, 2.05) is 19.1 Å². The Bertz CT molecular complexity index is 3500. The van der Waals surface area contributed by atoms with Gasteiger partial charge in [-0.05, 0) is 299 Å². The minimum Gasteiger partial charge on any atom is -0.462 e. The molecule has 0 saturated heterocycles. The summed E-state index contributed by atoms with van der Waals surface area (Å²) in [6.07, 6.45) is 64.1. The lowest BCUT2D eigenvalue weighted by molar-refractivity contribution is -0.148. The first-order valence-electron chi connectivity index (χ1n) is 45.3. The monoisotopic (exact) mass is 1680 g/mol. The van der Waals surface area contributed by atoms with E-state index in [1.54, 1.807) is 48.5 Å². The van der Waals surface area contributed by atoms with E-state index in [1.165, 1.54) is 149 Å². The summed E-state index contributed by atoms with van der Waals surface area (Å²) < 4.78 is 41.3. The van der Waals surface area contributed by atoms with Crippen LogP contribution in [0.25, 0.3) is 0 Å². The van der Waals surface area contributed by atoms with Crippen LogP contribution in [0.1, 0.15) is 311 Å². The predicted octanol–water partition coefficient (Wildman–Crippen LogP) is 27.1. The van der Waals surface area contributed by atoms with Crippen molar-refractivity contribution in [2.24, 2.45) is 53.3 Å². The highest BCUT2D eigenvalue weighted by molar-refractivity contribution is 5.89. The molecule has 0 spiro atoms.